The molecular weight excluding hydrogens is 282 g/mol. The maximum Gasteiger partial charge on any atom is 0.192 e. The van der Waals surface area contributed by atoms with Crippen LogP contribution in [0.2, 0.25) is 5.02 Å². The van der Waals surface area contributed by atoms with E-state index in [2.05, 4.69) is 23.8 Å². The number of likely N-dealkylation sites (N-methyl/N-ethyl adjacent to an activating group) is 1. The van der Waals surface area contributed by atoms with Gasteiger partial charge in [-0.3, -0.25) is 9.48 Å². The smallest absolute Gasteiger partial charge is 0.192 e. The minimum Gasteiger partial charge on any atom is -0.308 e. The molecule has 0 aliphatic carbocycles. The van der Waals surface area contributed by atoms with Crippen LogP contribution in [0.25, 0.3) is 0 Å². The number of carbonyl (C=O) groups is 1. The summed E-state index contributed by atoms with van der Waals surface area (Å²) < 4.78 is 1.71. The molecule has 0 fully saturated rings. The molecule has 0 amide bonds. The van der Waals surface area contributed by atoms with Crippen LogP contribution in [0.15, 0.2) is 6.20 Å². The summed E-state index contributed by atoms with van der Waals surface area (Å²) in [5.41, 5.74) is 0.541. The zero-order valence-corrected chi connectivity index (χ0v) is 13.6. The van der Waals surface area contributed by atoms with E-state index in [1.807, 2.05) is 14.1 Å². The molecule has 0 spiro atoms. The molecule has 0 bridgehead atoms. The predicted octanol–water partition coefficient (Wildman–Crippen LogP) is 2.81. The summed E-state index contributed by atoms with van der Waals surface area (Å²) in [5.74, 6) is 0.522. The monoisotopic (exact) mass is 303 g/mol. The maximum atomic E-state index is 12.2. The highest BCUT2D eigenvalue weighted by atomic mass is 35.5. The van der Waals surface area contributed by atoms with Gasteiger partial charge in [-0.2, -0.15) is 16.9 Å². The number of halogens is 1. The van der Waals surface area contributed by atoms with Crippen molar-refractivity contribution in [1.29, 1.82) is 0 Å². The molecule has 1 rings (SSSR count). The number of Topliss-reactive ketones (excluding diaryl/α,β-unsaturated/α-hetero) is 1. The summed E-state index contributed by atoms with van der Waals surface area (Å²) in [6.07, 6.45) is 2.62. The highest BCUT2D eigenvalue weighted by Gasteiger charge is 2.18. The number of rotatable bonds is 8. The van der Waals surface area contributed by atoms with Gasteiger partial charge in [-0.15, -0.1) is 0 Å². The Balaban J connectivity index is 2.69. The van der Waals surface area contributed by atoms with Crippen LogP contribution in [-0.4, -0.2) is 52.1 Å². The second kappa shape index (κ2) is 7.92. The minimum absolute atomic E-state index is 0.0616. The third-order valence-corrected chi connectivity index (χ3v) is 4.50. The SMILES string of the molecule is CCC(C)SCC(=O)c1c(Cl)cnn1CCN(C)C. The van der Waals surface area contributed by atoms with Gasteiger partial charge >= 0.3 is 0 Å². The molecule has 6 heteroatoms. The van der Waals surface area contributed by atoms with Gasteiger partial charge in [-0.1, -0.05) is 25.4 Å². The van der Waals surface area contributed by atoms with Crippen LogP contribution < -0.4 is 0 Å². The van der Waals surface area contributed by atoms with Gasteiger partial charge in [0, 0.05) is 11.8 Å². The molecule has 1 aromatic rings. The lowest BCUT2D eigenvalue weighted by Crippen LogP contribution is -2.22. The summed E-state index contributed by atoms with van der Waals surface area (Å²) in [4.78, 5) is 14.3. The van der Waals surface area contributed by atoms with E-state index in [-0.39, 0.29) is 5.78 Å². The standard InChI is InChI=1S/C13H22ClN3OS/c1-5-10(2)19-9-12(18)13-11(14)8-15-17(13)7-6-16(3)4/h8,10H,5-7,9H2,1-4H3. The average molecular weight is 304 g/mol. The molecule has 108 valence electrons. The maximum absolute atomic E-state index is 12.2. The van der Waals surface area contributed by atoms with Crippen molar-refractivity contribution in [3.8, 4) is 0 Å². The zero-order valence-electron chi connectivity index (χ0n) is 12.0. The van der Waals surface area contributed by atoms with Crippen LogP contribution in [0.1, 0.15) is 30.8 Å². The number of hydrogen-bond donors (Lipinski definition) is 0. The summed E-state index contributed by atoms with van der Waals surface area (Å²) >= 11 is 7.74. The van der Waals surface area contributed by atoms with Crippen LogP contribution >= 0.6 is 23.4 Å². The Labute approximate surface area is 124 Å². The van der Waals surface area contributed by atoms with Crippen molar-refractivity contribution in [2.75, 3.05) is 26.4 Å². The van der Waals surface area contributed by atoms with Crippen molar-refractivity contribution in [2.24, 2.45) is 0 Å². The van der Waals surface area contributed by atoms with Gasteiger partial charge in [-0.05, 0) is 20.5 Å². The largest absolute Gasteiger partial charge is 0.308 e. The quantitative estimate of drug-likeness (QED) is 0.692. The number of aromatic nitrogens is 2. The van der Waals surface area contributed by atoms with E-state index < -0.39 is 0 Å². The summed E-state index contributed by atoms with van der Waals surface area (Å²) in [7, 11) is 3.98. The van der Waals surface area contributed by atoms with E-state index in [0.717, 1.165) is 13.0 Å². The number of nitrogens with zero attached hydrogens (tertiary/aromatic N) is 3. The minimum atomic E-state index is 0.0616. The third-order valence-electron chi connectivity index (χ3n) is 2.89. The van der Waals surface area contributed by atoms with Gasteiger partial charge in [0.25, 0.3) is 0 Å². The Kier molecular flexibility index (Phi) is 6.89. The Hall–Kier alpha value is -0.520. The van der Waals surface area contributed by atoms with Gasteiger partial charge in [0.05, 0.1) is 23.5 Å². The molecule has 4 nitrogen and oxygen atoms in total. The Morgan fingerprint density at radius 1 is 1.58 bits per heavy atom. The Morgan fingerprint density at radius 2 is 2.26 bits per heavy atom. The summed E-state index contributed by atoms with van der Waals surface area (Å²) in [5, 5.41) is 5.12. The summed E-state index contributed by atoms with van der Waals surface area (Å²) in [6.45, 7) is 5.75. The van der Waals surface area contributed by atoms with Crippen LogP contribution in [0.3, 0.4) is 0 Å². The fourth-order valence-corrected chi connectivity index (χ4v) is 2.56. The van der Waals surface area contributed by atoms with Crippen LogP contribution in [0.4, 0.5) is 0 Å². The fourth-order valence-electron chi connectivity index (χ4n) is 1.51. The van der Waals surface area contributed by atoms with E-state index in [0.29, 0.717) is 28.3 Å². The van der Waals surface area contributed by atoms with E-state index in [1.54, 1.807) is 22.6 Å². The molecule has 0 saturated heterocycles. The van der Waals surface area contributed by atoms with E-state index in [4.69, 9.17) is 11.6 Å². The van der Waals surface area contributed by atoms with E-state index in [1.165, 1.54) is 0 Å². The fraction of sp³-hybridized carbons (Fsp3) is 0.692. The molecule has 0 aromatic carbocycles. The van der Waals surface area contributed by atoms with E-state index >= 15 is 0 Å². The second-order valence-electron chi connectivity index (χ2n) is 4.82. The van der Waals surface area contributed by atoms with Crippen molar-refractivity contribution >= 4 is 29.1 Å². The van der Waals surface area contributed by atoms with Gasteiger partial charge < -0.3 is 4.90 Å². The molecular formula is C13H22ClN3OS. The van der Waals surface area contributed by atoms with Gasteiger partial charge in [-0.25, -0.2) is 0 Å². The number of carbonyl (C=O) groups excluding carboxylic acids is 1. The Bertz CT molecular complexity index is 420. The van der Waals surface area contributed by atoms with Gasteiger partial charge in [0.1, 0.15) is 5.69 Å². The van der Waals surface area contributed by atoms with Crippen molar-refractivity contribution in [3.63, 3.8) is 0 Å². The predicted molar refractivity (Wildman–Crippen MR) is 82.3 cm³/mol. The van der Waals surface area contributed by atoms with Crippen LogP contribution in [0, 0.1) is 0 Å². The lowest BCUT2D eigenvalue weighted by atomic mass is 10.3. The van der Waals surface area contributed by atoms with Crippen LogP contribution in [0.5, 0.6) is 0 Å². The lowest BCUT2D eigenvalue weighted by molar-refractivity contribution is 0.101. The molecule has 1 aromatic heterocycles. The van der Waals surface area contributed by atoms with Crippen molar-refractivity contribution < 1.29 is 4.79 Å². The first kappa shape index (κ1) is 16.5. The van der Waals surface area contributed by atoms with Gasteiger partial charge in [0.2, 0.25) is 0 Å². The second-order valence-corrected chi connectivity index (χ2v) is 6.65. The van der Waals surface area contributed by atoms with Crippen molar-refractivity contribution in [1.82, 2.24) is 14.7 Å². The van der Waals surface area contributed by atoms with Crippen LogP contribution in [-0.2, 0) is 6.54 Å². The molecule has 0 saturated carbocycles. The molecule has 1 heterocycles. The number of thioether (sulfide) groups is 1. The third kappa shape index (κ3) is 5.16. The highest BCUT2D eigenvalue weighted by molar-refractivity contribution is 8.00. The Morgan fingerprint density at radius 3 is 2.84 bits per heavy atom. The topological polar surface area (TPSA) is 38.1 Å². The van der Waals surface area contributed by atoms with Gasteiger partial charge in [0.15, 0.2) is 5.78 Å². The average Bonchev–Trinajstić information content (AvgIpc) is 2.74. The molecule has 0 aliphatic rings. The zero-order chi connectivity index (χ0) is 14.4. The summed E-state index contributed by atoms with van der Waals surface area (Å²) in [6, 6.07) is 0. The molecule has 19 heavy (non-hydrogen) atoms. The first-order valence-electron chi connectivity index (χ1n) is 6.46. The molecule has 1 unspecified atom stereocenters. The lowest BCUT2D eigenvalue weighted by Gasteiger charge is -2.12. The molecule has 1 atom stereocenters. The number of hydrogen-bond acceptors (Lipinski definition) is 4. The molecule has 0 aliphatic heterocycles. The number of ketones is 1. The van der Waals surface area contributed by atoms with Crippen molar-refractivity contribution in [2.45, 2.75) is 32.1 Å². The molecule has 0 radical (unpaired) electrons. The first-order valence-corrected chi connectivity index (χ1v) is 7.89. The highest BCUT2D eigenvalue weighted by Crippen LogP contribution is 2.20. The first-order chi connectivity index (χ1) is 8.95. The van der Waals surface area contributed by atoms with Crippen molar-refractivity contribution in [3.05, 3.63) is 16.9 Å². The normalized spacial score (nSPS) is 12.9. The van der Waals surface area contributed by atoms with E-state index in [9.17, 15) is 4.79 Å². The molecule has 0 N–H and O–H groups in total.